The van der Waals surface area contributed by atoms with Gasteiger partial charge in [0, 0.05) is 38.4 Å². The summed E-state index contributed by atoms with van der Waals surface area (Å²) in [4.78, 5) is 31.7. The molecule has 3 aromatic carbocycles. The molecule has 1 fully saturated rings. The summed E-state index contributed by atoms with van der Waals surface area (Å²) >= 11 is 0. The molecule has 172 valence electrons. The van der Waals surface area contributed by atoms with E-state index < -0.39 is 6.04 Å². The molecule has 2 amide bonds. The molecular formula is C27H32N4O2. The van der Waals surface area contributed by atoms with Crippen LogP contribution in [0.1, 0.15) is 12.5 Å². The number of nitrogens with one attached hydrogen (secondary N) is 1. The first kappa shape index (κ1) is 23.0. The molecule has 3 aromatic rings. The second-order valence-corrected chi connectivity index (χ2v) is 8.78. The largest absolute Gasteiger partial charge is 0.339 e. The Bertz CT molecular complexity index is 1090. The summed E-state index contributed by atoms with van der Waals surface area (Å²) in [5, 5.41) is 5.20. The number of amides is 2. The minimum absolute atomic E-state index is 0.0715. The molecule has 1 heterocycles. The average Bonchev–Trinajstić information content (AvgIpc) is 2.84. The molecule has 4 rings (SSSR count). The second kappa shape index (κ2) is 10.6. The lowest BCUT2D eigenvalue weighted by Crippen LogP contribution is -2.52. The van der Waals surface area contributed by atoms with E-state index in [1.165, 1.54) is 5.56 Å². The van der Waals surface area contributed by atoms with Crippen LogP contribution in [0.25, 0.3) is 10.8 Å². The topological polar surface area (TPSA) is 55.9 Å². The van der Waals surface area contributed by atoms with Gasteiger partial charge in [-0.3, -0.25) is 19.4 Å². The van der Waals surface area contributed by atoms with Crippen LogP contribution < -0.4 is 5.32 Å². The molecule has 6 nitrogen and oxygen atoms in total. The molecule has 0 radical (unpaired) electrons. The number of carbonyl (C=O) groups is 2. The molecule has 1 N–H and O–H groups in total. The Labute approximate surface area is 195 Å². The molecule has 0 aliphatic carbocycles. The van der Waals surface area contributed by atoms with E-state index in [1.807, 2.05) is 72.3 Å². The SMILES string of the molecule is C[C@@H](C(=O)Nc1ccc2ccccc2c1)N(C)CC(=O)N1CCN(Cc2ccccc2)CC1. The summed E-state index contributed by atoms with van der Waals surface area (Å²) in [5.41, 5.74) is 2.06. The van der Waals surface area contributed by atoms with Crippen molar-refractivity contribution in [3.63, 3.8) is 0 Å². The first-order valence-electron chi connectivity index (χ1n) is 11.5. The zero-order valence-corrected chi connectivity index (χ0v) is 19.4. The quantitative estimate of drug-likeness (QED) is 0.607. The molecule has 0 aromatic heterocycles. The number of anilines is 1. The van der Waals surface area contributed by atoms with Crippen molar-refractivity contribution in [1.29, 1.82) is 0 Å². The van der Waals surface area contributed by atoms with Crippen LogP contribution in [-0.2, 0) is 16.1 Å². The van der Waals surface area contributed by atoms with E-state index in [4.69, 9.17) is 0 Å². The number of piperazine rings is 1. The number of hydrogen-bond donors (Lipinski definition) is 1. The first-order chi connectivity index (χ1) is 16.0. The maximum atomic E-state index is 12.8. The highest BCUT2D eigenvalue weighted by molar-refractivity contribution is 5.97. The molecule has 6 heteroatoms. The molecule has 0 spiro atoms. The maximum Gasteiger partial charge on any atom is 0.241 e. The third-order valence-corrected chi connectivity index (χ3v) is 6.42. The van der Waals surface area contributed by atoms with Crippen LogP contribution in [0.3, 0.4) is 0 Å². The number of nitrogens with zero attached hydrogens (tertiary/aromatic N) is 3. The summed E-state index contributed by atoms with van der Waals surface area (Å²) in [5.74, 6) is -0.0459. The van der Waals surface area contributed by atoms with Gasteiger partial charge in [0.15, 0.2) is 0 Å². The summed E-state index contributed by atoms with van der Waals surface area (Å²) < 4.78 is 0. The molecule has 1 atom stereocenters. The number of likely N-dealkylation sites (N-methyl/N-ethyl adjacent to an activating group) is 1. The fourth-order valence-corrected chi connectivity index (χ4v) is 4.16. The second-order valence-electron chi connectivity index (χ2n) is 8.78. The molecule has 0 saturated carbocycles. The minimum atomic E-state index is -0.417. The van der Waals surface area contributed by atoms with Gasteiger partial charge in [-0.05, 0) is 42.4 Å². The zero-order valence-electron chi connectivity index (χ0n) is 19.4. The van der Waals surface area contributed by atoms with E-state index in [0.29, 0.717) is 0 Å². The Kier molecular flexibility index (Phi) is 7.37. The lowest BCUT2D eigenvalue weighted by molar-refractivity contribution is -0.135. The van der Waals surface area contributed by atoms with Crippen LogP contribution in [0.2, 0.25) is 0 Å². The lowest BCUT2D eigenvalue weighted by atomic mass is 10.1. The summed E-state index contributed by atoms with van der Waals surface area (Å²) in [6.07, 6.45) is 0. The summed E-state index contributed by atoms with van der Waals surface area (Å²) in [7, 11) is 1.83. The van der Waals surface area contributed by atoms with Crippen molar-refractivity contribution in [1.82, 2.24) is 14.7 Å². The lowest BCUT2D eigenvalue weighted by Gasteiger charge is -2.36. The maximum absolute atomic E-state index is 12.8. The molecule has 33 heavy (non-hydrogen) atoms. The van der Waals surface area contributed by atoms with Crippen LogP contribution in [0.15, 0.2) is 72.8 Å². The van der Waals surface area contributed by atoms with Gasteiger partial charge in [-0.1, -0.05) is 60.7 Å². The van der Waals surface area contributed by atoms with Crippen molar-refractivity contribution in [3.05, 3.63) is 78.4 Å². The van der Waals surface area contributed by atoms with Gasteiger partial charge in [-0.25, -0.2) is 0 Å². The third kappa shape index (κ3) is 5.97. The Morgan fingerprint density at radius 3 is 2.30 bits per heavy atom. The van der Waals surface area contributed by atoms with Gasteiger partial charge in [-0.15, -0.1) is 0 Å². The predicted octanol–water partition coefficient (Wildman–Crippen LogP) is 3.44. The fourth-order valence-electron chi connectivity index (χ4n) is 4.16. The molecule has 0 unspecified atom stereocenters. The first-order valence-corrected chi connectivity index (χ1v) is 11.5. The smallest absolute Gasteiger partial charge is 0.241 e. The van der Waals surface area contributed by atoms with E-state index in [9.17, 15) is 9.59 Å². The molecule has 1 aliphatic heterocycles. The van der Waals surface area contributed by atoms with Crippen LogP contribution in [0.4, 0.5) is 5.69 Å². The van der Waals surface area contributed by atoms with Gasteiger partial charge in [0.05, 0.1) is 12.6 Å². The van der Waals surface area contributed by atoms with E-state index in [0.717, 1.165) is 49.2 Å². The molecular weight excluding hydrogens is 412 g/mol. The van der Waals surface area contributed by atoms with Crippen LogP contribution in [0, 0.1) is 0 Å². The van der Waals surface area contributed by atoms with E-state index in [-0.39, 0.29) is 18.4 Å². The van der Waals surface area contributed by atoms with Crippen molar-refractivity contribution in [3.8, 4) is 0 Å². The van der Waals surface area contributed by atoms with Crippen molar-refractivity contribution in [2.75, 3.05) is 45.1 Å². The Morgan fingerprint density at radius 1 is 0.909 bits per heavy atom. The Balaban J connectivity index is 1.25. The monoisotopic (exact) mass is 444 g/mol. The van der Waals surface area contributed by atoms with E-state index in [2.05, 4.69) is 34.5 Å². The fraction of sp³-hybridized carbons (Fsp3) is 0.333. The van der Waals surface area contributed by atoms with Crippen molar-refractivity contribution in [2.45, 2.75) is 19.5 Å². The van der Waals surface area contributed by atoms with Crippen molar-refractivity contribution < 1.29 is 9.59 Å². The van der Waals surface area contributed by atoms with Crippen LogP contribution in [0.5, 0.6) is 0 Å². The van der Waals surface area contributed by atoms with Gasteiger partial charge in [-0.2, -0.15) is 0 Å². The normalized spacial score (nSPS) is 15.5. The van der Waals surface area contributed by atoms with Crippen molar-refractivity contribution >= 4 is 28.3 Å². The Hall–Kier alpha value is -3.22. The highest BCUT2D eigenvalue weighted by Gasteiger charge is 2.25. The number of carbonyl (C=O) groups excluding carboxylic acids is 2. The van der Waals surface area contributed by atoms with Gasteiger partial charge >= 0.3 is 0 Å². The number of rotatable bonds is 7. The van der Waals surface area contributed by atoms with E-state index >= 15 is 0 Å². The summed E-state index contributed by atoms with van der Waals surface area (Å²) in [6.45, 7) is 6.14. The van der Waals surface area contributed by atoms with Crippen LogP contribution >= 0.6 is 0 Å². The molecule has 1 aliphatic rings. The summed E-state index contributed by atoms with van der Waals surface area (Å²) in [6, 6.07) is 23.9. The van der Waals surface area contributed by atoms with Gasteiger partial charge in [0.1, 0.15) is 0 Å². The molecule has 0 bridgehead atoms. The number of benzene rings is 3. The highest BCUT2D eigenvalue weighted by atomic mass is 16.2. The third-order valence-electron chi connectivity index (χ3n) is 6.42. The average molecular weight is 445 g/mol. The van der Waals surface area contributed by atoms with Gasteiger partial charge < -0.3 is 10.2 Å². The minimum Gasteiger partial charge on any atom is -0.339 e. The van der Waals surface area contributed by atoms with Gasteiger partial charge in [0.25, 0.3) is 0 Å². The van der Waals surface area contributed by atoms with Crippen molar-refractivity contribution in [2.24, 2.45) is 0 Å². The standard InChI is InChI=1S/C27H32N4O2/c1-21(27(33)28-25-13-12-23-10-6-7-11-24(23)18-25)29(2)20-26(32)31-16-14-30(15-17-31)19-22-8-4-3-5-9-22/h3-13,18,21H,14-17,19-20H2,1-2H3,(H,28,33)/t21-/m0/s1. The predicted molar refractivity (Wildman–Crippen MR) is 133 cm³/mol. The molecule has 1 saturated heterocycles. The van der Waals surface area contributed by atoms with Crippen LogP contribution in [-0.4, -0.2) is 72.3 Å². The van der Waals surface area contributed by atoms with Gasteiger partial charge in [0.2, 0.25) is 11.8 Å². The number of hydrogen-bond acceptors (Lipinski definition) is 4. The van der Waals surface area contributed by atoms with E-state index in [1.54, 1.807) is 0 Å². The number of fused-ring (bicyclic) bond motifs is 1. The Morgan fingerprint density at radius 2 is 1.58 bits per heavy atom. The highest BCUT2D eigenvalue weighted by Crippen LogP contribution is 2.19. The zero-order chi connectivity index (χ0) is 23.2.